The molecule has 0 spiro atoms. The van der Waals surface area contributed by atoms with Gasteiger partial charge in [0, 0.05) is 17.8 Å². The van der Waals surface area contributed by atoms with Crippen molar-refractivity contribution in [2.45, 2.75) is 56.9 Å². The maximum absolute atomic E-state index is 8.50. The first-order valence-corrected chi connectivity index (χ1v) is 6.05. The maximum Gasteiger partial charge on any atom is 0.0621 e. The van der Waals surface area contributed by atoms with Gasteiger partial charge in [0.25, 0.3) is 0 Å². The summed E-state index contributed by atoms with van der Waals surface area (Å²) in [4.78, 5) is 0. The zero-order chi connectivity index (χ0) is 10.4. The highest BCUT2D eigenvalue weighted by Gasteiger charge is 2.20. The molecule has 1 atom stereocenters. The molecular formula is C11H20N2S. The number of hydrogen-bond donors (Lipinski definition) is 2. The first-order chi connectivity index (χ1) is 6.72. The van der Waals surface area contributed by atoms with Crippen LogP contribution in [0.5, 0.6) is 0 Å². The summed E-state index contributed by atoms with van der Waals surface area (Å²) in [6.45, 7) is 2.07. The van der Waals surface area contributed by atoms with E-state index in [2.05, 4.69) is 30.9 Å². The smallest absolute Gasteiger partial charge is 0.0621 e. The van der Waals surface area contributed by atoms with Gasteiger partial charge >= 0.3 is 0 Å². The lowest BCUT2D eigenvalue weighted by atomic mass is 9.83. The van der Waals surface area contributed by atoms with Crippen molar-refractivity contribution in [3.8, 4) is 6.07 Å². The Morgan fingerprint density at radius 2 is 2.07 bits per heavy atom. The largest absolute Gasteiger partial charge is 0.303 e. The van der Waals surface area contributed by atoms with Crippen LogP contribution in [0.3, 0.4) is 0 Å². The zero-order valence-electron chi connectivity index (χ0n) is 8.87. The molecule has 1 N–H and O–H groups in total. The molecule has 1 aliphatic carbocycles. The molecule has 1 fully saturated rings. The van der Waals surface area contributed by atoms with E-state index in [0.717, 1.165) is 18.8 Å². The molecule has 3 heteroatoms. The Morgan fingerprint density at radius 1 is 1.43 bits per heavy atom. The summed E-state index contributed by atoms with van der Waals surface area (Å²) in [5.74, 6) is 0.794. The lowest BCUT2D eigenvalue weighted by Gasteiger charge is -2.29. The molecule has 0 bridgehead atoms. The van der Waals surface area contributed by atoms with Crippen molar-refractivity contribution in [3.05, 3.63) is 0 Å². The van der Waals surface area contributed by atoms with Crippen LogP contribution < -0.4 is 5.32 Å². The van der Waals surface area contributed by atoms with Crippen LogP contribution in [-0.2, 0) is 0 Å². The molecular weight excluding hydrogens is 192 g/mol. The van der Waals surface area contributed by atoms with Gasteiger partial charge in [-0.2, -0.15) is 17.9 Å². The van der Waals surface area contributed by atoms with E-state index in [1.807, 2.05) is 0 Å². The van der Waals surface area contributed by atoms with E-state index in [4.69, 9.17) is 5.26 Å². The van der Waals surface area contributed by atoms with Crippen LogP contribution >= 0.6 is 12.6 Å². The fraction of sp³-hybridized carbons (Fsp3) is 0.909. The Kier molecular flexibility index (Phi) is 5.36. The average Bonchev–Trinajstić information content (AvgIpc) is 2.16. The van der Waals surface area contributed by atoms with Crippen molar-refractivity contribution in [2.24, 2.45) is 5.92 Å². The third-order valence-corrected chi connectivity index (χ3v) is 3.14. The molecule has 0 aromatic rings. The van der Waals surface area contributed by atoms with Crippen molar-refractivity contribution >= 4 is 12.6 Å². The molecule has 0 heterocycles. The highest BCUT2D eigenvalue weighted by molar-refractivity contribution is 7.80. The van der Waals surface area contributed by atoms with Crippen LogP contribution in [0, 0.1) is 17.2 Å². The molecule has 1 saturated carbocycles. The number of rotatable bonds is 4. The second kappa shape index (κ2) is 6.31. The maximum atomic E-state index is 8.50. The first-order valence-electron chi connectivity index (χ1n) is 5.53. The van der Waals surface area contributed by atoms with Crippen molar-refractivity contribution in [1.82, 2.24) is 5.32 Å². The topological polar surface area (TPSA) is 35.8 Å². The highest BCUT2D eigenvalue weighted by atomic mass is 32.1. The van der Waals surface area contributed by atoms with Crippen LogP contribution in [0.25, 0.3) is 0 Å². The van der Waals surface area contributed by atoms with E-state index in [1.54, 1.807) is 0 Å². The SMILES string of the molecule is CC(S)NC1CCC(CCC#N)CC1. The highest BCUT2D eigenvalue weighted by Crippen LogP contribution is 2.27. The van der Waals surface area contributed by atoms with Gasteiger partial charge in [0.2, 0.25) is 0 Å². The molecule has 0 aromatic heterocycles. The Morgan fingerprint density at radius 3 is 2.57 bits per heavy atom. The number of thiol groups is 1. The van der Waals surface area contributed by atoms with E-state index in [-0.39, 0.29) is 0 Å². The molecule has 0 aromatic carbocycles. The predicted molar refractivity (Wildman–Crippen MR) is 62.2 cm³/mol. The summed E-state index contributed by atoms with van der Waals surface area (Å²) in [6.07, 6.45) is 6.88. The predicted octanol–water partition coefficient (Wildman–Crippen LogP) is 2.71. The van der Waals surface area contributed by atoms with Crippen LogP contribution in [0.1, 0.15) is 45.4 Å². The van der Waals surface area contributed by atoms with Crippen LogP contribution in [0.15, 0.2) is 0 Å². The molecule has 0 radical (unpaired) electrons. The normalized spacial score (nSPS) is 29.5. The minimum atomic E-state index is 0.302. The van der Waals surface area contributed by atoms with Crippen LogP contribution in [0.2, 0.25) is 0 Å². The number of nitrogens with zero attached hydrogens (tertiary/aromatic N) is 1. The quantitative estimate of drug-likeness (QED) is 0.555. The van der Waals surface area contributed by atoms with E-state index < -0.39 is 0 Å². The fourth-order valence-electron chi connectivity index (χ4n) is 2.23. The van der Waals surface area contributed by atoms with Crippen molar-refractivity contribution < 1.29 is 0 Å². The molecule has 14 heavy (non-hydrogen) atoms. The first kappa shape index (κ1) is 11.9. The van der Waals surface area contributed by atoms with E-state index >= 15 is 0 Å². The summed E-state index contributed by atoms with van der Waals surface area (Å²) in [7, 11) is 0. The number of nitrogens with one attached hydrogen (secondary N) is 1. The van der Waals surface area contributed by atoms with Gasteiger partial charge in [-0.3, -0.25) is 0 Å². The fourth-order valence-corrected chi connectivity index (χ4v) is 2.44. The Bertz CT molecular complexity index is 190. The van der Waals surface area contributed by atoms with Gasteiger partial charge < -0.3 is 5.32 Å². The third-order valence-electron chi connectivity index (χ3n) is 2.99. The summed E-state index contributed by atoms with van der Waals surface area (Å²) in [6, 6.07) is 2.88. The summed E-state index contributed by atoms with van der Waals surface area (Å²) in [5.41, 5.74) is 0. The van der Waals surface area contributed by atoms with Gasteiger partial charge in [-0.25, -0.2) is 0 Å². The molecule has 1 unspecified atom stereocenters. The van der Waals surface area contributed by atoms with E-state index in [1.165, 1.54) is 25.7 Å². The molecule has 0 aliphatic heterocycles. The van der Waals surface area contributed by atoms with Crippen LogP contribution in [-0.4, -0.2) is 11.4 Å². The Hall–Kier alpha value is -0.200. The minimum Gasteiger partial charge on any atom is -0.303 e. The lowest BCUT2D eigenvalue weighted by molar-refractivity contribution is 0.281. The summed E-state index contributed by atoms with van der Waals surface area (Å²) in [5, 5.41) is 12.3. The molecule has 1 rings (SSSR count). The monoisotopic (exact) mass is 212 g/mol. The lowest BCUT2D eigenvalue weighted by Crippen LogP contribution is -2.36. The average molecular weight is 212 g/mol. The summed E-state index contributed by atoms with van der Waals surface area (Å²) < 4.78 is 0. The van der Waals surface area contributed by atoms with Gasteiger partial charge in [-0.15, -0.1) is 0 Å². The molecule has 80 valence electrons. The van der Waals surface area contributed by atoms with Gasteiger partial charge in [-0.1, -0.05) is 0 Å². The number of nitriles is 1. The zero-order valence-corrected chi connectivity index (χ0v) is 9.76. The van der Waals surface area contributed by atoms with Gasteiger partial charge in [0.15, 0.2) is 0 Å². The Labute approximate surface area is 92.5 Å². The molecule has 0 amide bonds. The second-order valence-corrected chi connectivity index (χ2v) is 5.03. The summed E-state index contributed by atoms with van der Waals surface area (Å²) >= 11 is 4.33. The van der Waals surface area contributed by atoms with Crippen molar-refractivity contribution in [2.75, 3.05) is 0 Å². The molecule has 1 aliphatic rings. The Balaban J connectivity index is 2.15. The molecule has 0 saturated heterocycles. The standard InChI is InChI=1S/C11H20N2S/c1-9(14)13-11-6-4-10(5-7-11)3-2-8-12/h9-11,13-14H,2-7H2,1H3. The third kappa shape index (κ3) is 4.34. The van der Waals surface area contributed by atoms with Gasteiger partial charge in [-0.05, 0) is 44.9 Å². The van der Waals surface area contributed by atoms with Crippen molar-refractivity contribution in [3.63, 3.8) is 0 Å². The van der Waals surface area contributed by atoms with Crippen LogP contribution in [0.4, 0.5) is 0 Å². The van der Waals surface area contributed by atoms with E-state index in [9.17, 15) is 0 Å². The van der Waals surface area contributed by atoms with E-state index in [0.29, 0.717) is 11.4 Å². The second-order valence-electron chi connectivity index (χ2n) is 4.26. The van der Waals surface area contributed by atoms with Gasteiger partial charge in [0.1, 0.15) is 0 Å². The molecule has 2 nitrogen and oxygen atoms in total. The minimum absolute atomic E-state index is 0.302. The van der Waals surface area contributed by atoms with Gasteiger partial charge in [0.05, 0.1) is 6.07 Å². The number of hydrogen-bond acceptors (Lipinski definition) is 3. The van der Waals surface area contributed by atoms with Crippen molar-refractivity contribution in [1.29, 1.82) is 5.26 Å².